The van der Waals surface area contributed by atoms with Crippen molar-refractivity contribution in [1.82, 2.24) is 9.97 Å². The number of nitrogens with one attached hydrogen (secondary N) is 1. The van der Waals surface area contributed by atoms with Crippen LogP contribution in [0.4, 0.5) is 10.3 Å². The maximum Gasteiger partial charge on any atom is 0.260 e. The Bertz CT molecular complexity index is 636. The van der Waals surface area contributed by atoms with Gasteiger partial charge in [-0.1, -0.05) is 0 Å². The first-order valence-electron chi connectivity index (χ1n) is 6.10. The van der Waals surface area contributed by atoms with Crippen LogP contribution in [0.25, 0.3) is 0 Å². The summed E-state index contributed by atoms with van der Waals surface area (Å²) in [6.45, 7) is 2.70. The van der Waals surface area contributed by atoms with Crippen molar-refractivity contribution in [3.63, 3.8) is 0 Å². The molecule has 6 nitrogen and oxygen atoms in total. The summed E-state index contributed by atoms with van der Waals surface area (Å²) in [6.07, 6.45) is 1.06. The lowest BCUT2D eigenvalue weighted by Gasteiger charge is -2.08. The second-order valence-electron chi connectivity index (χ2n) is 3.99. The van der Waals surface area contributed by atoms with E-state index in [1.54, 1.807) is 18.2 Å². The van der Waals surface area contributed by atoms with Gasteiger partial charge in [-0.2, -0.15) is 9.37 Å². The van der Waals surface area contributed by atoms with Crippen LogP contribution in [0, 0.1) is 5.82 Å². The Hall–Kier alpha value is -2.57. The Morgan fingerprint density at radius 2 is 2.20 bits per heavy atom. The van der Waals surface area contributed by atoms with Crippen molar-refractivity contribution in [3.05, 3.63) is 30.2 Å². The van der Waals surface area contributed by atoms with Crippen LogP contribution in [0.5, 0.6) is 23.1 Å². The second kappa shape index (κ2) is 5.20. The van der Waals surface area contributed by atoms with Gasteiger partial charge in [0.2, 0.25) is 18.6 Å². The number of nitrogens with zero attached hydrogens (tertiary/aromatic N) is 2. The molecule has 2 aromatic rings. The molecule has 7 heteroatoms. The minimum atomic E-state index is -0.635. The summed E-state index contributed by atoms with van der Waals surface area (Å²) < 4.78 is 29.5. The van der Waals surface area contributed by atoms with Gasteiger partial charge < -0.3 is 19.5 Å². The number of ether oxygens (including phenoxy) is 3. The van der Waals surface area contributed by atoms with E-state index in [4.69, 9.17) is 14.2 Å². The standard InChI is InChI=1S/C13H12FN3O3/c1-2-15-13-16-6-9(14)12(17-13)20-8-3-4-10-11(5-8)19-7-18-10/h3-6H,2,7H2,1H3,(H,15,16,17). The van der Waals surface area contributed by atoms with Crippen LogP contribution in [0.2, 0.25) is 0 Å². The topological polar surface area (TPSA) is 65.5 Å². The van der Waals surface area contributed by atoms with Gasteiger partial charge in [-0.15, -0.1) is 0 Å². The number of fused-ring (bicyclic) bond motifs is 1. The predicted octanol–water partition coefficient (Wildman–Crippen LogP) is 2.57. The summed E-state index contributed by atoms with van der Waals surface area (Å²) >= 11 is 0. The lowest BCUT2D eigenvalue weighted by Crippen LogP contribution is -2.04. The zero-order valence-electron chi connectivity index (χ0n) is 10.7. The Morgan fingerprint density at radius 3 is 3.05 bits per heavy atom. The average molecular weight is 277 g/mol. The number of rotatable bonds is 4. The fourth-order valence-electron chi connectivity index (χ4n) is 1.72. The van der Waals surface area contributed by atoms with Gasteiger partial charge in [-0.25, -0.2) is 4.98 Å². The van der Waals surface area contributed by atoms with Gasteiger partial charge >= 0.3 is 0 Å². The van der Waals surface area contributed by atoms with Crippen LogP contribution in [-0.2, 0) is 0 Å². The Balaban J connectivity index is 1.85. The van der Waals surface area contributed by atoms with Crippen LogP contribution in [0.15, 0.2) is 24.4 Å². The molecule has 0 atom stereocenters. The summed E-state index contributed by atoms with van der Waals surface area (Å²) in [5, 5.41) is 2.89. The zero-order valence-corrected chi connectivity index (χ0v) is 10.7. The molecule has 1 aliphatic rings. The number of benzene rings is 1. The van der Waals surface area contributed by atoms with Gasteiger partial charge in [0.1, 0.15) is 5.75 Å². The molecule has 0 amide bonds. The molecule has 20 heavy (non-hydrogen) atoms. The summed E-state index contributed by atoms with van der Waals surface area (Å²) in [6, 6.07) is 4.97. The number of hydrogen-bond acceptors (Lipinski definition) is 6. The van der Waals surface area contributed by atoms with Crippen LogP contribution in [-0.4, -0.2) is 23.3 Å². The second-order valence-corrected chi connectivity index (χ2v) is 3.99. The van der Waals surface area contributed by atoms with Crippen molar-refractivity contribution in [1.29, 1.82) is 0 Å². The van der Waals surface area contributed by atoms with E-state index in [1.807, 2.05) is 6.92 Å². The number of hydrogen-bond donors (Lipinski definition) is 1. The number of halogens is 1. The van der Waals surface area contributed by atoms with E-state index in [1.165, 1.54) is 0 Å². The summed E-state index contributed by atoms with van der Waals surface area (Å²) in [4.78, 5) is 7.77. The van der Waals surface area contributed by atoms with Gasteiger partial charge in [0.05, 0.1) is 6.20 Å². The summed E-state index contributed by atoms with van der Waals surface area (Å²) in [5.74, 6) is 1.13. The minimum Gasteiger partial charge on any atom is -0.454 e. The Labute approximate surface area is 114 Å². The van der Waals surface area contributed by atoms with Gasteiger partial charge in [0.15, 0.2) is 11.5 Å². The van der Waals surface area contributed by atoms with E-state index in [0.29, 0.717) is 29.7 Å². The molecule has 0 aliphatic carbocycles. The molecular weight excluding hydrogens is 265 g/mol. The molecule has 0 radical (unpaired) electrons. The third-order valence-corrected chi connectivity index (χ3v) is 2.61. The molecular formula is C13H12FN3O3. The molecule has 0 bridgehead atoms. The number of aromatic nitrogens is 2. The maximum absolute atomic E-state index is 13.6. The van der Waals surface area contributed by atoms with Crippen molar-refractivity contribution >= 4 is 5.95 Å². The first-order valence-corrected chi connectivity index (χ1v) is 6.10. The summed E-state index contributed by atoms with van der Waals surface area (Å²) in [7, 11) is 0. The van der Waals surface area contributed by atoms with Crippen LogP contribution < -0.4 is 19.5 Å². The highest BCUT2D eigenvalue weighted by Crippen LogP contribution is 2.36. The quantitative estimate of drug-likeness (QED) is 0.926. The van der Waals surface area contributed by atoms with E-state index < -0.39 is 5.82 Å². The molecule has 0 unspecified atom stereocenters. The SMILES string of the molecule is CCNc1ncc(F)c(Oc2ccc3c(c2)OCO3)n1. The molecule has 2 heterocycles. The van der Waals surface area contributed by atoms with E-state index >= 15 is 0 Å². The van der Waals surface area contributed by atoms with Crippen LogP contribution in [0.1, 0.15) is 6.92 Å². The van der Waals surface area contributed by atoms with E-state index in [2.05, 4.69) is 15.3 Å². The van der Waals surface area contributed by atoms with Crippen molar-refractivity contribution < 1.29 is 18.6 Å². The highest BCUT2D eigenvalue weighted by Gasteiger charge is 2.15. The predicted molar refractivity (Wildman–Crippen MR) is 68.8 cm³/mol. The maximum atomic E-state index is 13.6. The smallest absolute Gasteiger partial charge is 0.260 e. The highest BCUT2D eigenvalue weighted by molar-refractivity contribution is 5.47. The number of anilines is 1. The molecule has 1 N–H and O–H groups in total. The molecule has 0 saturated heterocycles. The van der Waals surface area contributed by atoms with Gasteiger partial charge in [-0.3, -0.25) is 0 Å². The average Bonchev–Trinajstić information content (AvgIpc) is 2.90. The zero-order chi connectivity index (χ0) is 13.9. The molecule has 0 saturated carbocycles. The highest BCUT2D eigenvalue weighted by atomic mass is 19.1. The molecule has 3 rings (SSSR count). The summed E-state index contributed by atoms with van der Waals surface area (Å²) in [5.41, 5.74) is 0. The van der Waals surface area contributed by atoms with Crippen molar-refractivity contribution in [2.75, 3.05) is 18.7 Å². The van der Waals surface area contributed by atoms with E-state index in [9.17, 15) is 4.39 Å². The molecule has 0 spiro atoms. The lowest BCUT2D eigenvalue weighted by atomic mass is 10.3. The largest absolute Gasteiger partial charge is 0.454 e. The minimum absolute atomic E-state index is 0.144. The monoisotopic (exact) mass is 277 g/mol. The van der Waals surface area contributed by atoms with Gasteiger partial charge in [0, 0.05) is 12.6 Å². The molecule has 104 valence electrons. The molecule has 1 aromatic carbocycles. The van der Waals surface area contributed by atoms with Crippen molar-refractivity contribution in [2.24, 2.45) is 0 Å². The first kappa shape index (κ1) is 12.5. The molecule has 1 aliphatic heterocycles. The fourth-order valence-corrected chi connectivity index (χ4v) is 1.72. The van der Waals surface area contributed by atoms with E-state index in [0.717, 1.165) is 6.20 Å². The van der Waals surface area contributed by atoms with Crippen LogP contribution >= 0.6 is 0 Å². The lowest BCUT2D eigenvalue weighted by molar-refractivity contribution is 0.174. The molecule has 0 fully saturated rings. The Morgan fingerprint density at radius 1 is 1.35 bits per heavy atom. The third kappa shape index (κ3) is 2.42. The van der Waals surface area contributed by atoms with Crippen molar-refractivity contribution in [3.8, 4) is 23.1 Å². The third-order valence-electron chi connectivity index (χ3n) is 2.61. The Kier molecular flexibility index (Phi) is 3.24. The van der Waals surface area contributed by atoms with Crippen molar-refractivity contribution in [2.45, 2.75) is 6.92 Å². The first-order chi connectivity index (χ1) is 9.76. The fraction of sp³-hybridized carbons (Fsp3) is 0.231. The van der Waals surface area contributed by atoms with Gasteiger partial charge in [-0.05, 0) is 19.1 Å². The molecule has 1 aromatic heterocycles. The normalized spacial score (nSPS) is 12.3. The van der Waals surface area contributed by atoms with Gasteiger partial charge in [0.25, 0.3) is 5.88 Å². The van der Waals surface area contributed by atoms with Crippen LogP contribution in [0.3, 0.4) is 0 Å². The van der Waals surface area contributed by atoms with E-state index in [-0.39, 0.29) is 12.7 Å².